The first-order valence-electron chi connectivity index (χ1n) is 8.09. The Balaban J connectivity index is 1.57. The zero-order valence-electron chi connectivity index (χ0n) is 12.7. The van der Waals surface area contributed by atoms with Crippen molar-refractivity contribution >= 4 is 17.3 Å². The Morgan fingerprint density at radius 1 is 1.30 bits per heavy atom. The summed E-state index contributed by atoms with van der Waals surface area (Å²) in [5.74, 6) is 2.71. The Morgan fingerprint density at radius 3 is 3.00 bits per heavy atom. The minimum absolute atomic E-state index is 0.640. The van der Waals surface area contributed by atoms with Gasteiger partial charge in [-0.15, -0.1) is 21.5 Å². The minimum Gasteiger partial charge on any atom is -0.342 e. The fraction of sp³-hybridized carbons (Fsp3) is 0.438. The van der Waals surface area contributed by atoms with Gasteiger partial charge in [0.25, 0.3) is 0 Å². The Labute approximate surface area is 138 Å². The van der Waals surface area contributed by atoms with Crippen LogP contribution in [0.1, 0.15) is 24.1 Å². The summed E-state index contributed by atoms with van der Waals surface area (Å²) in [6.45, 7) is 1.93. The molecule has 0 aromatic carbocycles. The molecule has 1 aliphatic heterocycles. The van der Waals surface area contributed by atoms with Crippen LogP contribution in [0.2, 0.25) is 0 Å². The maximum Gasteiger partial charge on any atom is 0.228 e. The number of nitrogens with zero attached hydrogens (tertiary/aromatic N) is 5. The first kappa shape index (κ1) is 13.3. The van der Waals surface area contributed by atoms with Gasteiger partial charge in [0.05, 0.1) is 19.1 Å². The molecule has 2 bridgehead atoms. The highest BCUT2D eigenvalue weighted by molar-refractivity contribution is 7.09. The molecule has 2 fully saturated rings. The molecular weight excluding hydrogens is 308 g/mol. The smallest absolute Gasteiger partial charge is 0.228 e. The number of fused-ring (bicyclic) bond motifs is 2. The summed E-state index contributed by atoms with van der Waals surface area (Å²) in [5, 5.41) is 11.1. The van der Waals surface area contributed by atoms with Crippen LogP contribution >= 0.6 is 11.3 Å². The van der Waals surface area contributed by atoms with Gasteiger partial charge in [-0.25, -0.2) is 4.98 Å². The number of anilines is 1. The lowest BCUT2D eigenvalue weighted by Crippen LogP contribution is -2.34. The maximum absolute atomic E-state index is 4.55. The lowest BCUT2D eigenvalue weighted by Gasteiger charge is -2.28. The molecule has 1 saturated heterocycles. The summed E-state index contributed by atoms with van der Waals surface area (Å²) in [6, 6.07) is 4.90. The van der Waals surface area contributed by atoms with Crippen molar-refractivity contribution < 1.29 is 0 Å². The molecule has 1 N–H and O–H groups in total. The number of aromatic amines is 1. The molecule has 6 nitrogen and oxygen atoms in total. The number of imidazole rings is 1. The van der Waals surface area contributed by atoms with Crippen LogP contribution in [0, 0.1) is 5.92 Å². The van der Waals surface area contributed by atoms with E-state index in [9.17, 15) is 0 Å². The van der Waals surface area contributed by atoms with Crippen molar-refractivity contribution in [3.05, 3.63) is 34.9 Å². The first-order chi connectivity index (χ1) is 11.4. The molecule has 23 heavy (non-hydrogen) atoms. The molecule has 2 aliphatic rings. The van der Waals surface area contributed by atoms with E-state index in [0.717, 1.165) is 36.5 Å². The molecule has 0 spiro atoms. The van der Waals surface area contributed by atoms with E-state index in [2.05, 4.69) is 47.1 Å². The van der Waals surface area contributed by atoms with E-state index in [1.165, 1.54) is 24.1 Å². The average molecular weight is 326 g/mol. The van der Waals surface area contributed by atoms with Gasteiger partial charge in [0.15, 0.2) is 5.82 Å². The van der Waals surface area contributed by atoms with Gasteiger partial charge in [-0.05, 0) is 36.6 Å². The van der Waals surface area contributed by atoms with Crippen molar-refractivity contribution in [3.8, 4) is 11.5 Å². The number of aromatic nitrogens is 5. The van der Waals surface area contributed by atoms with E-state index in [0.29, 0.717) is 6.04 Å². The predicted octanol–water partition coefficient (Wildman–Crippen LogP) is 2.77. The van der Waals surface area contributed by atoms with Gasteiger partial charge in [-0.1, -0.05) is 6.07 Å². The average Bonchev–Trinajstić information content (AvgIpc) is 3.36. The second kappa shape index (κ2) is 5.19. The zero-order valence-corrected chi connectivity index (χ0v) is 13.5. The maximum atomic E-state index is 4.55. The Kier molecular flexibility index (Phi) is 3.00. The van der Waals surface area contributed by atoms with E-state index in [-0.39, 0.29) is 0 Å². The summed E-state index contributed by atoms with van der Waals surface area (Å²) in [7, 11) is 0. The molecule has 2 atom stereocenters. The van der Waals surface area contributed by atoms with Gasteiger partial charge >= 0.3 is 0 Å². The lowest BCUT2D eigenvalue weighted by atomic mass is 10.1. The summed E-state index contributed by atoms with van der Waals surface area (Å²) >= 11 is 1.77. The van der Waals surface area contributed by atoms with Crippen molar-refractivity contribution in [3.63, 3.8) is 0 Å². The van der Waals surface area contributed by atoms with Gasteiger partial charge in [0.1, 0.15) is 5.69 Å². The van der Waals surface area contributed by atoms with Crippen molar-refractivity contribution in [1.29, 1.82) is 0 Å². The van der Waals surface area contributed by atoms with Crippen LogP contribution in [0.15, 0.2) is 30.0 Å². The second-order valence-electron chi connectivity index (χ2n) is 6.44. The molecule has 3 aromatic heterocycles. The van der Waals surface area contributed by atoms with Gasteiger partial charge in [-0.3, -0.25) is 4.57 Å². The van der Waals surface area contributed by atoms with Crippen LogP contribution in [-0.2, 0) is 6.54 Å². The lowest BCUT2D eigenvalue weighted by molar-refractivity contribution is 0.540. The van der Waals surface area contributed by atoms with Crippen molar-refractivity contribution in [2.24, 2.45) is 5.92 Å². The third kappa shape index (κ3) is 2.18. The monoisotopic (exact) mass is 326 g/mol. The van der Waals surface area contributed by atoms with Gasteiger partial charge in [0, 0.05) is 17.5 Å². The Bertz CT molecular complexity index is 791. The number of hydrogen-bond donors (Lipinski definition) is 1. The first-order valence-corrected chi connectivity index (χ1v) is 8.97. The molecular formula is C16H18N6S. The second-order valence-corrected chi connectivity index (χ2v) is 7.47. The number of piperidine rings is 1. The fourth-order valence-corrected chi connectivity index (χ4v) is 4.65. The largest absolute Gasteiger partial charge is 0.342 e. The Morgan fingerprint density at radius 2 is 2.30 bits per heavy atom. The Hall–Kier alpha value is -2.15. The molecule has 0 amide bonds. The SMILES string of the molecule is c1csc(Cn2c(-c3cnc[nH]3)nnc2N2CC3CCC2C3)c1. The molecule has 118 valence electrons. The normalized spacial score (nSPS) is 23.0. The van der Waals surface area contributed by atoms with Gasteiger partial charge < -0.3 is 9.88 Å². The van der Waals surface area contributed by atoms with Crippen LogP contribution in [0.5, 0.6) is 0 Å². The number of hydrogen-bond acceptors (Lipinski definition) is 5. The highest BCUT2D eigenvalue weighted by Gasteiger charge is 2.40. The molecule has 4 heterocycles. The highest BCUT2D eigenvalue weighted by Crippen LogP contribution is 2.40. The summed E-state index contributed by atoms with van der Waals surface area (Å²) in [4.78, 5) is 11.1. The number of rotatable bonds is 4. The van der Waals surface area contributed by atoms with E-state index < -0.39 is 0 Å². The van der Waals surface area contributed by atoms with Crippen LogP contribution < -0.4 is 4.90 Å². The van der Waals surface area contributed by atoms with Crippen molar-refractivity contribution in [2.75, 3.05) is 11.4 Å². The molecule has 7 heteroatoms. The van der Waals surface area contributed by atoms with E-state index in [4.69, 9.17) is 0 Å². The number of nitrogens with one attached hydrogen (secondary N) is 1. The third-order valence-electron chi connectivity index (χ3n) is 5.03. The molecule has 1 saturated carbocycles. The molecule has 0 radical (unpaired) electrons. The van der Waals surface area contributed by atoms with Gasteiger partial charge in [0.2, 0.25) is 5.95 Å². The summed E-state index contributed by atoms with van der Waals surface area (Å²) in [5.41, 5.74) is 0.921. The molecule has 1 aliphatic carbocycles. The quantitative estimate of drug-likeness (QED) is 0.801. The minimum atomic E-state index is 0.640. The fourth-order valence-electron chi connectivity index (χ4n) is 3.96. The number of thiophene rings is 1. The topological polar surface area (TPSA) is 62.6 Å². The van der Waals surface area contributed by atoms with Crippen LogP contribution in [-0.4, -0.2) is 37.3 Å². The summed E-state index contributed by atoms with van der Waals surface area (Å²) < 4.78 is 2.24. The number of H-pyrrole nitrogens is 1. The van der Waals surface area contributed by atoms with E-state index in [1.54, 1.807) is 17.7 Å². The summed E-state index contributed by atoms with van der Waals surface area (Å²) in [6.07, 6.45) is 7.47. The third-order valence-corrected chi connectivity index (χ3v) is 5.89. The highest BCUT2D eigenvalue weighted by atomic mass is 32.1. The molecule has 2 unspecified atom stereocenters. The molecule has 3 aromatic rings. The van der Waals surface area contributed by atoms with Crippen LogP contribution in [0.4, 0.5) is 5.95 Å². The predicted molar refractivity (Wildman–Crippen MR) is 89.5 cm³/mol. The van der Waals surface area contributed by atoms with Crippen LogP contribution in [0.25, 0.3) is 11.5 Å². The molecule has 5 rings (SSSR count). The van der Waals surface area contributed by atoms with E-state index >= 15 is 0 Å². The van der Waals surface area contributed by atoms with Gasteiger partial charge in [-0.2, -0.15) is 0 Å². The van der Waals surface area contributed by atoms with Crippen molar-refractivity contribution in [2.45, 2.75) is 31.8 Å². The zero-order chi connectivity index (χ0) is 15.2. The van der Waals surface area contributed by atoms with E-state index in [1.807, 2.05) is 6.20 Å². The van der Waals surface area contributed by atoms with Crippen LogP contribution in [0.3, 0.4) is 0 Å². The standard InChI is InChI=1S/C16H18N6S/c1-2-13(23-5-1)9-22-15(14-7-17-10-18-14)19-20-16(22)21-8-11-3-4-12(21)6-11/h1-2,5,7,10-12H,3-4,6,8-9H2,(H,17,18). The van der Waals surface area contributed by atoms with Crippen molar-refractivity contribution in [1.82, 2.24) is 24.7 Å².